The predicted molar refractivity (Wildman–Crippen MR) is 55.0 cm³/mol. The lowest BCUT2D eigenvalue weighted by Crippen LogP contribution is -2.16. The minimum atomic E-state index is -1.21. The van der Waals surface area contributed by atoms with Crippen LogP contribution in [0.3, 0.4) is 0 Å². The van der Waals surface area contributed by atoms with E-state index in [4.69, 9.17) is 5.11 Å². The second-order valence-electron chi connectivity index (χ2n) is 3.01. The number of rotatable bonds is 2. The Morgan fingerprint density at radius 1 is 1.31 bits per heavy atom. The molecule has 6 nitrogen and oxygen atoms in total. The van der Waals surface area contributed by atoms with E-state index in [9.17, 15) is 9.59 Å². The molecule has 2 heterocycles. The van der Waals surface area contributed by atoms with Gasteiger partial charge in [0.1, 0.15) is 5.69 Å². The summed E-state index contributed by atoms with van der Waals surface area (Å²) in [6, 6.07) is 6.36. The largest absolute Gasteiger partial charge is 0.477 e. The van der Waals surface area contributed by atoms with Crippen LogP contribution >= 0.6 is 0 Å². The first-order valence-corrected chi connectivity index (χ1v) is 4.43. The van der Waals surface area contributed by atoms with Crippen molar-refractivity contribution in [1.82, 2.24) is 15.0 Å². The number of pyridine rings is 1. The summed E-state index contributed by atoms with van der Waals surface area (Å²) in [5.74, 6) is -1.21. The SMILES string of the molecule is O=C(O)c1cc(-c2ccccn2)nc(=O)[nH]1. The van der Waals surface area contributed by atoms with Crippen molar-refractivity contribution in [2.24, 2.45) is 0 Å². The molecule has 0 saturated heterocycles. The fraction of sp³-hybridized carbons (Fsp3) is 0. The molecule has 0 amide bonds. The highest BCUT2D eigenvalue weighted by Crippen LogP contribution is 2.11. The quantitative estimate of drug-likeness (QED) is 0.764. The van der Waals surface area contributed by atoms with Gasteiger partial charge in [-0.3, -0.25) is 9.97 Å². The minimum absolute atomic E-state index is 0.208. The van der Waals surface area contributed by atoms with Crippen LogP contribution in [0.15, 0.2) is 35.3 Å². The number of aromatic carboxylic acids is 1. The summed E-state index contributed by atoms with van der Waals surface area (Å²) in [6.07, 6.45) is 1.54. The topological polar surface area (TPSA) is 95.9 Å². The van der Waals surface area contributed by atoms with Gasteiger partial charge in [-0.05, 0) is 18.2 Å². The van der Waals surface area contributed by atoms with Crippen LogP contribution in [-0.4, -0.2) is 26.0 Å². The second kappa shape index (κ2) is 3.93. The van der Waals surface area contributed by atoms with E-state index < -0.39 is 11.7 Å². The molecule has 0 aliphatic heterocycles. The first-order chi connectivity index (χ1) is 7.66. The van der Waals surface area contributed by atoms with Gasteiger partial charge in [0.15, 0.2) is 0 Å². The molecule has 0 saturated carbocycles. The lowest BCUT2D eigenvalue weighted by molar-refractivity contribution is 0.0690. The Bertz CT molecular complexity index is 577. The Morgan fingerprint density at radius 3 is 2.75 bits per heavy atom. The zero-order valence-corrected chi connectivity index (χ0v) is 8.04. The molecule has 0 aliphatic carbocycles. The zero-order valence-electron chi connectivity index (χ0n) is 8.04. The van der Waals surface area contributed by atoms with Gasteiger partial charge < -0.3 is 5.11 Å². The summed E-state index contributed by atoms with van der Waals surface area (Å²) in [7, 11) is 0. The standard InChI is InChI=1S/C10H7N3O3/c14-9(15)8-5-7(12-10(16)13-8)6-3-1-2-4-11-6/h1-5H,(H,14,15)(H,12,13,16). The highest BCUT2D eigenvalue weighted by atomic mass is 16.4. The molecule has 0 aliphatic rings. The molecule has 80 valence electrons. The molecule has 2 aromatic heterocycles. The van der Waals surface area contributed by atoms with Crippen LogP contribution in [0.5, 0.6) is 0 Å². The number of carbonyl (C=O) groups is 1. The molecule has 0 radical (unpaired) electrons. The Balaban J connectivity index is 2.58. The average molecular weight is 217 g/mol. The fourth-order valence-electron chi connectivity index (χ4n) is 1.22. The maximum atomic E-state index is 11.1. The van der Waals surface area contributed by atoms with Crippen molar-refractivity contribution in [2.45, 2.75) is 0 Å². The number of H-pyrrole nitrogens is 1. The highest BCUT2D eigenvalue weighted by molar-refractivity contribution is 5.86. The minimum Gasteiger partial charge on any atom is -0.477 e. The van der Waals surface area contributed by atoms with Crippen LogP contribution in [0, 0.1) is 0 Å². The van der Waals surface area contributed by atoms with E-state index in [1.807, 2.05) is 0 Å². The van der Waals surface area contributed by atoms with Crippen LogP contribution < -0.4 is 5.69 Å². The van der Waals surface area contributed by atoms with Crippen molar-refractivity contribution < 1.29 is 9.90 Å². The molecule has 0 bridgehead atoms. The first kappa shape index (κ1) is 10.0. The summed E-state index contributed by atoms with van der Waals surface area (Å²) in [6.45, 7) is 0. The molecule has 6 heteroatoms. The molecule has 2 N–H and O–H groups in total. The molecule has 0 atom stereocenters. The number of hydrogen-bond donors (Lipinski definition) is 2. The molecule has 0 fully saturated rings. The van der Waals surface area contributed by atoms with Gasteiger partial charge in [0.2, 0.25) is 0 Å². The third-order valence-electron chi connectivity index (χ3n) is 1.90. The third-order valence-corrected chi connectivity index (χ3v) is 1.90. The smallest absolute Gasteiger partial charge is 0.352 e. The monoisotopic (exact) mass is 217 g/mol. The van der Waals surface area contributed by atoms with Crippen LogP contribution in [0.1, 0.15) is 10.5 Å². The molecule has 0 aromatic carbocycles. The summed E-state index contributed by atoms with van der Waals surface area (Å²) < 4.78 is 0. The fourth-order valence-corrected chi connectivity index (χ4v) is 1.22. The Labute approximate surface area is 89.6 Å². The van der Waals surface area contributed by atoms with Crippen LogP contribution in [0.25, 0.3) is 11.4 Å². The first-order valence-electron chi connectivity index (χ1n) is 4.43. The van der Waals surface area contributed by atoms with Crippen molar-refractivity contribution in [3.63, 3.8) is 0 Å². The number of nitrogens with zero attached hydrogens (tertiary/aromatic N) is 2. The summed E-state index contributed by atoms with van der Waals surface area (Å²) >= 11 is 0. The van der Waals surface area contributed by atoms with Gasteiger partial charge in [0.05, 0.1) is 11.4 Å². The normalized spacial score (nSPS) is 10.0. The van der Waals surface area contributed by atoms with Crippen LogP contribution in [0.2, 0.25) is 0 Å². The van der Waals surface area contributed by atoms with E-state index in [0.29, 0.717) is 5.69 Å². The third kappa shape index (κ3) is 1.95. The van der Waals surface area contributed by atoms with Crippen molar-refractivity contribution in [2.75, 3.05) is 0 Å². The lowest BCUT2D eigenvalue weighted by Gasteiger charge is -1.99. The average Bonchev–Trinajstić information content (AvgIpc) is 2.29. The van der Waals surface area contributed by atoms with Crippen LogP contribution in [-0.2, 0) is 0 Å². The van der Waals surface area contributed by atoms with E-state index in [1.165, 1.54) is 6.07 Å². The van der Waals surface area contributed by atoms with Crippen molar-refractivity contribution in [3.05, 3.63) is 46.6 Å². The van der Waals surface area contributed by atoms with E-state index in [2.05, 4.69) is 15.0 Å². The van der Waals surface area contributed by atoms with E-state index >= 15 is 0 Å². The molecule has 16 heavy (non-hydrogen) atoms. The number of carboxylic acids is 1. The van der Waals surface area contributed by atoms with E-state index in [-0.39, 0.29) is 11.4 Å². The predicted octanol–water partition coefficient (Wildman–Crippen LogP) is 0.530. The highest BCUT2D eigenvalue weighted by Gasteiger charge is 2.08. The molecule has 2 aromatic rings. The van der Waals surface area contributed by atoms with Crippen molar-refractivity contribution in [1.29, 1.82) is 0 Å². The number of nitrogens with one attached hydrogen (secondary N) is 1. The Kier molecular flexibility index (Phi) is 2.47. The summed E-state index contributed by atoms with van der Waals surface area (Å²) in [4.78, 5) is 31.6. The Morgan fingerprint density at radius 2 is 2.12 bits per heavy atom. The lowest BCUT2D eigenvalue weighted by atomic mass is 10.2. The van der Waals surface area contributed by atoms with Gasteiger partial charge >= 0.3 is 11.7 Å². The van der Waals surface area contributed by atoms with Crippen LogP contribution in [0.4, 0.5) is 0 Å². The van der Waals surface area contributed by atoms with Gasteiger partial charge in [0, 0.05) is 6.20 Å². The molecular weight excluding hydrogens is 210 g/mol. The molecule has 0 unspecified atom stereocenters. The molecule has 0 spiro atoms. The zero-order chi connectivity index (χ0) is 11.5. The molecular formula is C10H7N3O3. The van der Waals surface area contributed by atoms with Gasteiger partial charge in [0.25, 0.3) is 0 Å². The van der Waals surface area contributed by atoms with Crippen molar-refractivity contribution >= 4 is 5.97 Å². The van der Waals surface area contributed by atoms with Gasteiger partial charge in [-0.25, -0.2) is 9.59 Å². The van der Waals surface area contributed by atoms with Gasteiger partial charge in [-0.1, -0.05) is 6.07 Å². The van der Waals surface area contributed by atoms with Gasteiger partial charge in [-0.15, -0.1) is 0 Å². The number of carboxylic acid groups (broad SMARTS) is 1. The van der Waals surface area contributed by atoms with Crippen molar-refractivity contribution in [3.8, 4) is 11.4 Å². The summed E-state index contributed by atoms with van der Waals surface area (Å²) in [5, 5.41) is 8.76. The van der Waals surface area contributed by atoms with E-state index in [0.717, 1.165) is 0 Å². The van der Waals surface area contributed by atoms with E-state index in [1.54, 1.807) is 24.4 Å². The van der Waals surface area contributed by atoms with Gasteiger partial charge in [-0.2, -0.15) is 4.98 Å². The number of aromatic nitrogens is 3. The number of aromatic amines is 1. The summed E-state index contributed by atoms with van der Waals surface area (Å²) in [5.41, 5.74) is -0.223. The maximum absolute atomic E-state index is 11.1. The number of hydrogen-bond acceptors (Lipinski definition) is 4. The Hall–Kier alpha value is -2.50. The second-order valence-corrected chi connectivity index (χ2v) is 3.01. The maximum Gasteiger partial charge on any atom is 0.352 e. The molecule has 2 rings (SSSR count).